The topological polar surface area (TPSA) is 9.23 Å². The molecular weight excluding hydrogens is 376 g/mol. The third kappa shape index (κ3) is 11.7. The number of hydrogen-bond donors (Lipinski definition) is 0. The maximum atomic E-state index is 5.74. The second-order valence-electron chi connectivity index (χ2n) is 8.89. The van der Waals surface area contributed by atoms with Gasteiger partial charge in [-0.25, -0.2) is 0 Å². The molecule has 2 rings (SSSR count). The smallest absolute Gasteiger partial charge is 0.119 e. The van der Waals surface area contributed by atoms with Crippen molar-refractivity contribution in [2.45, 2.75) is 97.3 Å². The molecule has 0 aromatic heterocycles. The van der Waals surface area contributed by atoms with Crippen molar-refractivity contribution in [1.29, 1.82) is 0 Å². The lowest BCUT2D eigenvalue weighted by molar-refractivity contribution is 0.294. The molecule has 0 heterocycles. The van der Waals surface area contributed by atoms with E-state index >= 15 is 0 Å². The van der Waals surface area contributed by atoms with E-state index in [0.717, 1.165) is 30.3 Å². The van der Waals surface area contributed by atoms with Gasteiger partial charge in [0.15, 0.2) is 0 Å². The minimum Gasteiger partial charge on any atom is -0.494 e. The first-order valence-electron chi connectivity index (χ1n) is 12.7. The van der Waals surface area contributed by atoms with Crippen molar-refractivity contribution < 1.29 is 4.74 Å². The van der Waals surface area contributed by atoms with Crippen LogP contribution in [0.3, 0.4) is 0 Å². The zero-order valence-corrected chi connectivity index (χ0v) is 19.9. The van der Waals surface area contributed by atoms with Crippen molar-refractivity contribution in [2.24, 2.45) is 11.8 Å². The van der Waals surface area contributed by atoms with Crippen LogP contribution in [0.5, 0.6) is 5.75 Å². The molecule has 1 aromatic carbocycles. The van der Waals surface area contributed by atoms with E-state index in [-0.39, 0.29) is 0 Å². The first-order valence-corrected chi connectivity index (χ1v) is 12.7. The lowest BCUT2D eigenvalue weighted by atomic mass is 9.80. The van der Waals surface area contributed by atoms with Gasteiger partial charge in [0.2, 0.25) is 0 Å². The molecule has 1 fully saturated rings. The van der Waals surface area contributed by atoms with Crippen molar-refractivity contribution >= 4 is 0 Å². The number of ether oxygens (including phenoxy) is 1. The number of allylic oxidation sites excluding steroid dienone is 2. The Labute approximate surface area is 192 Å². The molecule has 0 bridgehead atoms. The van der Waals surface area contributed by atoms with Gasteiger partial charge in [0, 0.05) is 11.5 Å². The van der Waals surface area contributed by atoms with Crippen LogP contribution >= 0.6 is 0 Å². The van der Waals surface area contributed by atoms with Crippen LogP contribution in [-0.4, -0.2) is 6.61 Å². The zero-order chi connectivity index (χ0) is 22.0. The van der Waals surface area contributed by atoms with E-state index in [1.54, 1.807) is 0 Å². The summed E-state index contributed by atoms with van der Waals surface area (Å²) >= 11 is 0. The highest BCUT2D eigenvalue weighted by molar-refractivity contribution is 5.40. The highest BCUT2D eigenvalue weighted by Crippen LogP contribution is 2.31. The molecule has 0 atom stereocenters. The van der Waals surface area contributed by atoms with Crippen molar-refractivity contribution in [3.8, 4) is 29.4 Å². The van der Waals surface area contributed by atoms with Gasteiger partial charge >= 0.3 is 0 Å². The normalized spacial score (nSPS) is 18.1. The van der Waals surface area contributed by atoms with E-state index < -0.39 is 0 Å². The van der Waals surface area contributed by atoms with Crippen LogP contribution in [0.1, 0.15) is 103 Å². The molecule has 0 aliphatic heterocycles. The molecule has 0 N–H and O–H groups in total. The summed E-state index contributed by atoms with van der Waals surface area (Å²) in [6.07, 6.45) is 21.1. The van der Waals surface area contributed by atoms with Gasteiger partial charge in [-0.3, -0.25) is 0 Å². The second-order valence-corrected chi connectivity index (χ2v) is 8.89. The highest BCUT2D eigenvalue weighted by Gasteiger charge is 2.19. The fourth-order valence-electron chi connectivity index (χ4n) is 4.18. The van der Waals surface area contributed by atoms with Gasteiger partial charge in [-0.1, -0.05) is 88.9 Å². The van der Waals surface area contributed by atoms with Gasteiger partial charge in [-0.2, -0.15) is 0 Å². The van der Waals surface area contributed by atoms with Gasteiger partial charge in [-0.05, 0) is 74.4 Å². The Morgan fingerprint density at radius 3 is 2.23 bits per heavy atom. The van der Waals surface area contributed by atoms with E-state index in [4.69, 9.17) is 4.74 Å². The largest absolute Gasteiger partial charge is 0.494 e. The van der Waals surface area contributed by atoms with Crippen LogP contribution in [0, 0.1) is 35.5 Å². The van der Waals surface area contributed by atoms with Crippen molar-refractivity contribution in [3.63, 3.8) is 0 Å². The first kappa shape index (κ1) is 25.1. The van der Waals surface area contributed by atoms with E-state index in [1.807, 2.05) is 36.4 Å². The predicted molar refractivity (Wildman–Crippen MR) is 134 cm³/mol. The SMILES string of the molecule is CCCCCCCC1CCC(C#C/C=C/C#Cc2ccc(OCCCCC)cc2)CC1. The Morgan fingerprint density at radius 1 is 0.806 bits per heavy atom. The Kier molecular flexibility index (Phi) is 13.4. The number of unbranched alkanes of at least 4 members (excludes halogenated alkanes) is 6. The Balaban J connectivity index is 1.62. The van der Waals surface area contributed by atoms with Crippen LogP contribution in [0.4, 0.5) is 0 Å². The van der Waals surface area contributed by atoms with Crippen LogP contribution < -0.4 is 4.74 Å². The zero-order valence-electron chi connectivity index (χ0n) is 19.9. The summed E-state index contributed by atoms with van der Waals surface area (Å²) in [5.74, 6) is 15.4. The molecule has 168 valence electrons. The van der Waals surface area contributed by atoms with Gasteiger partial charge in [0.1, 0.15) is 5.75 Å². The Morgan fingerprint density at radius 2 is 1.48 bits per heavy atom. The molecule has 0 amide bonds. The van der Waals surface area contributed by atoms with Gasteiger partial charge in [0.05, 0.1) is 6.61 Å². The molecule has 1 saturated carbocycles. The first-order chi connectivity index (χ1) is 15.3. The average molecular weight is 419 g/mol. The third-order valence-corrected chi connectivity index (χ3v) is 6.19. The Hall–Kier alpha value is -2.12. The lowest BCUT2D eigenvalue weighted by Crippen LogP contribution is -2.13. The number of benzene rings is 1. The summed E-state index contributed by atoms with van der Waals surface area (Å²) in [5.41, 5.74) is 1.01. The van der Waals surface area contributed by atoms with E-state index in [0.29, 0.717) is 5.92 Å². The Bertz CT molecular complexity index is 727. The molecule has 1 heteroatoms. The molecular formula is C30H42O. The van der Waals surface area contributed by atoms with Crippen molar-refractivity contribution in [1.82, 2.24) is 0 Å². The van der Waals surface area contributed by atoms with Crippen LogP contribution in [0.15, 0.2) is 36.4 Å². The van der Waals surface area contributed by atoms with Crippen molar-refractivity contribution in [2.75, 3.05) is 6.61 Å². The highest BCUT2D eigenvalue weighted by atomic mass is 16.5. The summed E-state index contributed by atoms with van der Waals surface area (Å²) in [6, 6.07) is 8.04. The maximum absolute atomic E-state index is 5.74. The van der Waals surface area contributed by atoms with Crippen LogP contribution in [-0.2, 0) is 0 Å². The minimum absolute atomic E-state index is 0.582. The fourth-order valence-corrected chi connectivity index (χ4v) is 4.18. The average Bonchev–Trinajstić information content (AvgIpc) is 2.80. The summed E-state index contributed by atoms with van der Waals surface area (Å²) in [6.45, 7) is 5.28. The van der Waals surface area contributed by atoms with E-state index in [9.17, 15) is 0 Å². The monoisotopic (exact) mass is 418 g/mol. The van der Waals surface area contributed by atoms with Gasteiger partial charge < -0.3 is 4.74 Å². The molecule has 1 nitrogen and oxygen atoms in total. The quantitative estimate of drug-likeness (QED) is 0.259. The minimum atomic E-state index is 0.582. The van der Waals surface area contributed by atoms with Gasteiger partial charge in [-0.15, -0.1) is 0 Å². The summed E-state index contributed by atoms with van der Waals surface area (Å²) in [7, 11) is 0. The molecule has 0 spiro atoms. The molecule has 1 aromatic rings. The van der Waals surface area contributed by atoms with E-state index in [2.05, 4.69) is 37.5 Å². The summed E-state index contributed by atoms with van der Waals surface area (Å²) < 4.78 is 5.74. The molecule has 1 aliphatic rings. The standard InChI is InChI=1S/C30H42O/c1-3-5-7-8-11-15-27-18-20-28(21-19-27)16-12-9-10-13-17-29-22-24-30(25-23-29)31-26-14-6-4-2/h9-10,22-25,27-28H,3-8,11,14-15,18-21,26H2,1-2H3/b10-9+. The molecule has 1 aliphatic carbocycles. The van der Waals surface area contributed by atoms with Gasteiger partial charge in [0.25, 0.3) is 0 Å². The summed E-state index contributed by atoms with van der Waals surface area (Å²) in [4.78, 5) is 0. The van der Waals surface area contributed by atoms with Crippen molar-refractivity contribution in [3.05, 3.63) is 42.0 Å². The molecule has 0 radical (unpaired) electrons. The predicted octanol–water partition coefficient (Wildman–Crippen LogP) is 8.33. The summed E-state index contributed by atoms with van der Waals surface area (Å²) in [5, 5.41) is 0. The second kappa shape index (κ2) is 16.6. The molecule has 0 saturated heterocycles. The fraction of sp³-hybridized carbons (Fsp3) is 0.600. The lowest BCUT2D eigenvalue weighted by Gasteiger charge is -2.25. The van der Waals surface area contributed by atoms with E-state index in [1.165, 1.54) is 77.0 Å². The van der Waals surface area contributed by atoms with Crippen LogP contribution in [0.2, 0.25) is 0 Å². The molecule has 31 heavy (non-hydrogen) atoms. The third-order valence-electron chi connectivity index (χ3n) is 6.19. The molecule has 0 unspecified atom stereocenters. The van der Waals surface area contributed by atoms with Crippen LogP contribution in [0.25, 0.3) is 0 Å². The maximum Gasteiger partial charge on any atom is 0.119 e. The number of rotatable bonds is 11. The number of hydrogen-bond acceptors (Lipinski definition) is 1.